The van der Waals surface area contributed by atoms with Crippen LogP contribution in [0.3, 0.4) is 0 Å². The van der Waals surface area contributed by atoms with E-state index in [1.54, 1.807) is 4.90 Å². The first-order valence-electron chi connectivity index (χ1n) is 7.17. The molecule has 0 unspecified atom stereocenters. The molecule has 0 saturated carbocycles. The molecule has 1 aromatic heterocycles. The van der Waals surface area contributed by atoms with Crippen LogP contribution in [0.5, 0.6) is 0 Å². The quantitative estimate of drug-likeness (QED) is 0.857. The Labute approximate surface area is 123 Å². The molecule has 2 aromatic rings. The van der Waals surface area contributed by atoms with Crippen LogP contribution in [0.1, 0.15) is 16.1 Å². The van der Waals surface area contributed by atoms with Gasteiger partial charge in [0.1, 0.15) is 5.69 Å². The number of hydrogen-bond donors (Lipinski definition) is 1. The van der Waals surface area contributed by atoms with E-state index in [-0.39, 0.29) is 11.3 Å². The van der Waals surface area contributed by atoms with Crippen molar-refractivity contribution < 1.29 is 4.79 Å². The normalized spacial score (nSPS) is 16.4. The van der Waals surface area contributed by atoms with Gasteiger partial charge in [0.15, 0.2) is 5.43 Å². The number of nitrogens with one attached hydrogen (secondary N) is 1. The molecule has 2 heterocycles. The van der Waals surface area contributed by atoms with Crippen LogP contribution in [0, 0.1) is 6.92 Å². The van der Waals surface area contributed by atoms with Crippen molar-refractivity contribution in [2.75, 3.05) is 33.2 Å². The predicted molar refractivity (Wildman–Crippen MR) is 82.7 cm³/mol. The molecular formula is C16H19N3O2. The van der Waals surface area contributed by atoms with Gasteiger partial charge in [-0.25, -0.2) is 0 Å². The summed E-state index contributed by atoms with van der Waals surface area (Å²) in [6.45, 7) is 5.03. The Hall–Kier alpha value is -2.14. The lowest BCUT2D eigenvalue weighted by Crippen LogP contribution is -2.47. The van der Waals surface area contributed by atoms with Crippen molar-refractivity contribution in [3.05, 3.63) is 45.7 Å². The first kappa shape index (κ1) is 13.8. The van der Waals surface area contributed by atoms with E-state index in [1.165, 1.54) is 6.07 Å². The van der Waals surface area contributed by atoms with E-state index in [0.717, 1.165) is 24.2 Å². The summed E-state index contributed by atoms with van der Waals surface area (Å²) in [6.07, 6.45) is 0. The fourth-order valence-corrected chi connectivity index (χ4v) is 2.78. The number of carbonyl (C=O) groups excluding carboxylic acids is 1. The summed E-state index contributed by atoms with van der Waals surface area (Å²) in [6, 6.07) is 7.05. The average molecular weight is 285 g/mol. The molecule has 1 aliphatic rings. The van der Waals surface area contributed by atoms with Crippen molar-refractivity contribution in [1.29, 1.82) is 0 Å². The van der Waals surface area contributed by atoms with Gasteiger partial charge < -0.3 is 14.8 Å². The Kier molecular flexibility index (Phi) is 3.51. The summed E-state index contributed by atoms with van der Waals surface area (Å²) in [5.74, 6) is -0.0939. The number of rotatable bonds is 1. The molecule has 0 bridgehead atoms. The summed E-state index contributed by atoms with van der Waals surface area (Å²) in [5.41, 5.74) is 1.93. The number of piperazine rings is 1. The van der Waals surface area contributed by atoms with Gasteiger partial charge in [-0.2, -0.15) is 0 Å². The summed E-state index contributed by atoms with van der Waals surface area (Å²) in [5, 5.41) is 0.660. The number of hydrogen-bond acceptors (Lipinski definition) is 3. The Balaban J connectivity index is 1.98. The molecule has 0 radical (unpaired) electrons. The van der Waals surface area contributed by atoms with E-state index >= 15 is 0 Å². The Morgan fingerprint density at radius 1 is 1.19 bits per heavy atom. The zero-order valence-corrected chi connectivity index (χ0v) is 12.3. The second-order valence-electron chi connectivity index (χ2n) is 5.64. The molecule has 5 nitrogen and oxygen atoms in total. The summed E-state index contributed by atoms with van der Waals surface area (Å²) < 4.78 is 0. The van der Waals surface area contributed by atoms with E-state index in [9.17, 15) is 9.59 Å². The highest BCUT2D eigenvalue weighted by atomic mass is 16.2. The second kappa shape index (κ2) is 5.33. The number of likely N-dealkylation sites (N-methyl/N-ethyl adjacent to an activating group) is 1. The Bertz CT molecular complexity index is 743. The van der Waals surface area contributed by atoms with E-state index in [1.807, 2.05) is 32.2 Å². The Morgan fingerprint density at radius 3 is 2.62 bits per heavy atom. The molecule has 1 saturated heterocycles. The molecule has 1 amide bonds. The number of aryl methyl sites for hydroxylation is 1. The van der Waals surface area contributed by atoms with E-state index in [2.05, 4.69) is 9.88 Å². The van der Waals surface area contributed by atoms with Crippen LogP contribution < -0.4 is 5.43 Å². The van der Waals surface area contributed by atoms with Gasteiger partial charge >= 0.3 is 0 Å². The van der Waals surface area contributed by atoms with Gasteiger partial charge in [-0.3, -0.25) is 9.59 Å². The monoisotopic (exact) mass is 285 g/mol. The summed E-state index contributed by atoms with van der Waals surface area (Å²) in [4.78, 5) is 31.9. The highest BCUT2D eigenvalue weighted by molar-refractivity contribution is 5.95. The van der Waals surface area contributed by atoms with E-state index in [0.29, 0.717) is 24.2 Å². The van der Waals surface area contributed by atoms with Crippen LogP contribution >= 0.6 is 0 Å². The van der Waals surface area contributed by atoms with Gasteiger partial charge in [-0.15, -0.1) is 0 Å². The molecule has 1 fully saturated rings. The molecule has 0 aliphatic carbocycles. The molecule has 1 aliphatic heterocycles. The van der Waals surface area contributed by atoms with E-state index < -0.39 is 0 Å². The number of pyridine rings is 1. The van der Waals surface area contributed by atoms with Gasteiger partial charge in [0.25, 0.3) is 5.91 Å². The van der Waals surface area contributed by atoms with Gasteiger partial charge in [-0.1, -0.05) is 12.1 Å². The minimum atomic E-state index is -0.0978. The highest BCUT2D eigenvalue weighted by Crippen LogP contribution is 2.14. The van der Waals surface area contributed by atoms with E-state index in [4.69, 9.17) is 0 Å². The van der Waals surface area contributed by atoms with Crippen LogP contribution in [-0.2, 0) is 0 Å². The molecule has 0 atom stereocenters. The lowest BCUT2D eigenvalue weighted by atomic mass is 10.1. The molecule has 110 valence electrons. The van der Waals surface area contributed by atoms with Crippen molar-refractivity contribution in [2.24, 2.45) is 0 Å². The molecule has 21 heavy (non-hydrogen) atoms. The van der Waals surface area contributed by atoms with Crippen molar-refractivity contribution in [1.82, 2.24) is 14.8 Å². The predicted octanol–water partition coefficient (Wildman–Crippen LogP) is 1.22. The van der Waals surface area contributed by atoms with Crippen LogP contribution in [0.15, 0.2) is 29.1 Å². The van der Waals surface area contributed by atoms with Gasteiger partial charge in [-0.05, 0) is 25.6 Å². The standard InChI is InChI=1S/C16H19N3O2/c1-11-4-3-5-12-15(11)14(20)10-13(17-12)16(21)19-8-6-18(2)7-9-19/h3-5,10H,6-9H2,1-2H3,(H,17,20). The van der Waals surface area contributed by atoms with Crippen molar-refractivity contribution in [3.8, 4) is 0 Å². The second-order valence-corrected chi connectivity index (χ2v) is 5.64. The maximum Gasteiger partial charge on any atom is 0.270 e. The number of H-pyrrole nitrogens is 1. The van der Waals surface area contributed by atoms with Crippen molar-refractivity contribution >= 4 is 16.8 Å². The molecule has 1 aromatic carbocycles. The number of carbonyl (C=O) groups is 1. The van der Waals surface area contributed by atoms with Crippen LogP contribution in [0.25, 0.3) is 10.9 Å². The smallest absolute Gasteiger partial charge is 0.270 e. The number of amides is 1. The number of fused-ring (bicyclic) bond motifs is 1. The lowest BCUT2D eigenvalue weighted by molar-refractivity contribution is 0.0658. The largest absolute Gasteiger partial charge is 0.350 e. The third kappa shape index (κ3) is 2.56. The number of benzene rings is 1. The summed E-state index contributed by atoms with van der Waals surface area (Å²) >= 11 is 0. The average Bonchev–Trinajstić information content (AvgIpc) is 2.47. The van der Waals surface area contributed by atoms with Crippen molar-refractivity contribution in [3.63, 3.8) is 0 Å². The maximum atomic E-state index is 12.5. The van der Waals surface area contributed by atoms with Gasteiger partial charge in [0.05, 0.1) is 5.52 Å². The zero-order valence-electron chi connectivity index (χ0n) is 12.3. The van der Waals surface area contributed by atoms with Crippen LogP contribution in [-0.4, -0.2) is 53.9 Å². The Morgan fingerprint density at radius 2 is 1.90 bits per heavy atom. The van der Waals surface area contributed by atoms with Crippen LogP contribution in [0.4, 0.5) is 0 Å². The molecule has 0 spiro atoms. The highest BCUT2D eigenvalue weighted by Gasteiger charge is 2.21. The van der Waals surface area contributed by atoms with Crippen LogP contribution in [0.2, 0.25) is 0 Å². The molecular weight excluding hydrogens is 266 g/mol. The van der Waals surface area contributed by atoms with Gasteiger partial charge in [0.2, 0.25) is 0 Å². The number of nitrogens with zero attached hydrogens (tertiary/aromatic N) is 2. The molecule has 5 heteroatoms. The third-order valence-corrected chi connectivity index (χ3v) is 4.08. The SMILES string of the molecule is Cc1cccc2[nH]c(C(=O)N3CCN(C)CC3)cc(=O)c12. The number of aromatic nitrogens is 1. The van der Waals surface area contributed by atoms with Gasteiger partial charge in [0, 0.05) is 37.6 Å². The minimum absolute atomic E-state index is 0.0939. The van der Waals surface area contributed by atoms with Crippen molar-refractivity contribution in [2.45, 2.75) is 6.92 Å². The topological polar surface area (TPSA) is 56.4 Å². The minimum Gasteiger partial charge on any atom is -0.350 e. The fourth-order valence-electron chi connectivity index (χ4n) is 2.78. The zero-order chi connectivity index (χ0) is 15.0. The number of aromatic amines is 1. The first-order valence-corrected chi connectivity index (χ1v) is 7.17. The fraction of sp³-hybridized carbons (Fsp3) is 0.375. The first-order chi connectivity index (χ1) is 10.1. The molecule has 1 N–H and O–H groups in total. The maximum absolute atomic E-state index is 12.5. The third-order valence-electron chi connectivity index (χ3n) is 4.08. The molecule has 3 rings (SSSR count). The lowest BCUT2D eigenvalue weighted by Gasteiger charge is -2.32. The summed E-state index contributed by atoms with van der Waals surface area (Å²) in [7, 11) is 2.04.